The van der Waals surface area contributed by atoms with Gasteiger partial charge in [0.15, 0.2) is 0 Å². The Morgan fingerprint density at radius 1 is 1.07 bits per heavy atom. The molecule has 0 aromatic rings. The third kappa shape index (κ3) is 10.2. The number of hydrogen-bond donors (Lipinski definition) is 2. The van der Waals surface area contributed by atoms with Gasteiger partial charge < -0.3 is 15.2 Å². The summed E-state index contributed by atoms with van der Waals surface area (Å²) in [4.78, 5) is 0. The summed E-state index contributed by atoms with van der Waals surface area (Å²) in [6.07, 6.45) is 1.12. The predicted molar refractivity (Wildman–Crippen MR) is 64.1 cm³/mol. The van der Waals surface area contributed by atoms with E-state index < -0.39 is 0 Å². The maximum absolute atomic E-state index is 8.53. The summed E-state index contributed by atoms with van der Waals surface area (Å²) in [6, 6.07) is 0. The lowest BCUT2D eigenvalue weighted by Gasteiger charge is -2.33. The Labute approximate surface area is 94.2 Å². The average Bonchev–Trinajstić information content (AvgIpc) is 1.99. The van der Waals surface area contributed by atoms with E-state index in [1.165, 1.54) is 0 Å². The van der Waals surface area contributed by atoms with Gasteiger partial charge >= 0.3 is 0 Å². The molecule has 0 rings (SSSR count). The van der Waals surface area contributed by atoms with Gasteiger partial charge in [-0.25, -0.2) is 0 Å². The van der Waals surface area contributed by atoms with E-state index in [4.69, 9.17) is 9.84 Å². The van der Waals surface area contributed by atoms with Crippen molar-refractivity contribution in [3.8, 4) is 0 Å². The van der Waals surface area contributed by atoms with Crippen molar-refractivity contribution in [3.05, 3.63) is 0 Å². The highest BCUT2D eigenvalue weighted by molar-refractivity contribution is 4.82. The Morgan fingerprint density at radius 2 is 1.67 bits per heavy atom. The van der Waals surface area contributed by atoms with E-state index in [1.807, 2.05) is 0 Å². The lowest BCUT2D eigenvalue weighted by atomic mass is 9.82. The zero-order chi connectivity index (χ0) is 11.9. The van der Waals surface area contributed by atoms with Crippen LogP contribution in [0.5, 0.6) is 0 Å². The molecule has 0 aromatic carbocycles. The fourth-order valence-corrected chi connectivity index (χ4v) is 2.02. The summed E-state index contributed by atoms with van der Waals surface area (Å²) in [5.74, 6) is 0. The fraction of sp³-hybridized carbons (Fsp3) is 1.00. The summed E-state index contributed by atoms with van der Waals surface area (Å²) >= 11 is 0. The van der Waals surface area contributed by atoms with Crippen molar-refractivity contribution in [1.29, 1.82) is 0 Å². The first-order valence-corrected chi connectivity index (χ1v) is 5.70. The molecule has 0 atom stereocenters. The fourth-order valence-electron chi connectivity index (χ4n) is 2.02. The standard InChI is InChI=1S/C12H27NO2/c1-11(2,3)10-12(4,5)13-6-8-15-9-7-14/h13-14H,6-10H2,1-5H3. The molecule has 15 heavy (non-hydrogen) atoms. The Kier molecular flexibility index (Phi) is 6.41. The molecule has 2 N–H and O–H groups in total. The van der Waals surface area contributed by atoms with Gasteiger partial charge in [0.25, 0.3) is 0 Å². The van der Waals surface area contributed by atoms with Gasteiger partial charge in [-0.05, 0) is 25.7 Å². The molecular weight excluding hydrogens is 190 g/mol. The third-order valence-corrected chi connectivity index (χ3v) is 2.06. The molecular formula is C12H27NO2. The van der Waals surface area contributed by atoms with Crippen molar-refractivity contribution >= 4 is 0 Å². The van der Waals surface area contributed by atoms with Crippen molar-refractivity contribution in [2.45, 2.75) is 46.6 Å². The molecule has 0 radical (unpaired) electrons. The van der Waals surface area contributed by atoms with Crippen LogP contribution in [0.15, 0.2) is 0 Å². The van der Waals surface area contributed by atoms with E-state index in [1.54, 1.807) is 0 Å². The van der Waals surface area contributed by atoms with Crippen LogP contribution in [0.4, 0.5) is 0 Å². The van der Waals surface area contributed by atoms with Crippen LogP contribution in [0.2, 0.25) is 0 Å². The van der Waals surface area contributed by atoms with E-state index in [2.05, 4.69) is 39.9 Å². The summed E-state index contributed by atoms with van der Waals surface area (Å²) in [5, 5.41) is 12.0. The number of nitrogens with one attached hydrogen (secondary N) is 1. The number of aliphatic hydroxyl groups is 1. The number of hydrogen-bond acceptors (Lipinski definition) is 3. The maximum atomic E-state index is 8.53. The smallest absolute Gasteiger partial charge is 0.0698 e. The van der Waals surface area contributed by atoms with Gasteiger partial charge in [0.05, 0.1) is 19.8 Å². The Balaban J connectivity index is 3.65. The molecule has 3 nitrogen and oxygen atoms in total. The summed E-state index contributed by atoms with van der Waals surface area (Å²) in [5.41, 5.74) is 0.475. The monoisotopic (exact) mass is 217 g/mol. The van der Waals surface area contributed by atoms with Crippen molar-refractivity contribution in [2.75, 3.05) is 26.4 Å². The van der Waals surface area contributed by atoms with Crippen LogP contribution in [-0.2, 0) is 4.74 Å². The summed E-state index contributed by atoms with van der Waals surface area (Å²) in [6.45, 7) is 13.2. The highest BCUT2D eigenvalue weighted by Gasteiger charge is 2.24. The average molecular weight is 217 g/mol. The molecule has 0 heterocycles. The molecule has 92 valence electrons. The van der Waals surface area contributed by atoms with E-state index >= 15 is 0 Å². The molecule has 0 aliphatic rings. The van der Waals surface area contributed by atoms with Crippen molar-refractivity contribution < 1.29 is 9.84 Å². The second-order valence-electron chi connectivity index (χ2n) is 5.88. The molecule has 0 aliphatic heterocycles. The Hall–Kier alpha value is -0.120. The number of rotatable bonds is 7. The van der Waals surface area contributed by atoms with Crippen molar-refractivity contribution in [1.82, 2.24) is 5.32 Å². The summed E-state index contributed by atoms with van der Waals surface area (Å²) in [7, 11) is 0. The summed E-state index contributed by atoms with van der Waals surface area (Å²) < 4.78 is 5.20. The minimum Gasteiger partial charge on any atom is -0.394 e. The van der Waals surface area contributed by atoms with Crippen LogP contribution < -0.4 is 5.32 Å². The van der Waals surface area contributed by atoms with Gasteiger partial charge in [0, 0.05) is 12.1 Å². The lowest BCUT2D eigenvalue weighted by molar-refractivity contribution is 0.0883. The topological polar surface area (TPSA) is 41.5 Å². The van der Waals surface area contributed by atoms with Crippen LogP contribution in [0, 0.1) is 5.41 Å². The molecule has 0 saturated carbocycles. The van der Waals surface area contributed by atoms with Crippen LogP contribution in [0.25, 0.3) is 0 Å². The SMILES string of the molecule is CC(C)(C)CC(C)(C)NCCOCCO. The van der Waals surface area contributed by atoms with Crippen LogP contribution in [-0.4, -0.2) is 37.0 Å². The minimum atomic E-state index is 0.103. The van der Waals surface area contributed by atoms with Gasteiger partial charge in [-0.3, -0.25) is 0 Å². The highest BCUT2D eigenvalue weighted by atomic mass is 16.5. The molecule has 0 bridgehead atoms. The predicted octanol–water partition coefficient (Wildman–Crippen LogP) is 1.80. The number of aliphatic hydroxyl groups excluding tert-OH is 1. The zero-order valence-corrected chi connectivity index (χ0v) is 10.9. The quantitative estimate of drug-likeness (QED) is 0.639. The molecule has 0 aliphatic carbocycles. The molecule has 0 unspecified atom stereocenters. The molecule has 0 spiro atoms. The second-order valence-corrected chi connectivity index (χ2v) is 5.88. The van der Waals surface area contributed by atoms with Gasteiger partial charge in [0.1, 0.15) is 0 Å². The highest BCUT2D eigenvalue weighted by Crippen LogP contribution is 2.26. The zero-order valence-electron chi connectivity index (χ0n) is 10.9. The molecule has 0 fully saturated rings. The Bertz CT molecular complexity index is 161. The molecule has 0 aromatic heterocycles. The Morgan fingerprint density at radius 3 is 2.13 bits per heavy atom. The van der Waals surface area contributed by atoms with E-state index in [-0.39, 0.29) is 12.1 Å². The minimum absolute atomic E-state index is 0.103. The second kappa shape index (κ2) is 6.46. The van der Waals surface area contributed by atoms with Crippen molar-refractivity contribution in [3.63, 3.8) is 0 Å². The van der Waals surface area contributed by atoms with Gasteiger partial charge in [-0.15, -0.1) is 0 Å². The van der Waals surface area contributed by atoms with Crippen LogP contribution in [0.1, 0.15) is 41.0 Å². The van der Waals surface area contributed by atoms with Crippen molar-refractivity contribution in [2.24, 2.45) is 5.41 Å². The van der Waals surface area contributed by atoms with Crippen LogP contribution in [0.3, 0.4) is 0 Å². The number of ether oxygens (including phenoxy) is 1. The third-order valence-electron chi connectivity index (χ3n) is 2.06. The van der Waals surface area contributed by atoms with E-state index in [0.717, 1.165) is 13.0 Å². The molecule has 3 heteroatoms. The lowest BCUT2D eigenvalue weighted by Crippen LogP contribution is -2.43. The van der Waals surface area contributed by atoms with Crippen LogP contribution >= 0.6 is 0 Å². The largest absolute Gasteiger partial charge is 0.394 e. The maximum Gasteiger partial charge on any atom is 0.0698 e. The molecule has 0 amide bonds. The first kappa shape index (κ1) is 14.9. The first-order valence-electron chi connectivity index (χ1n) is 5.70. The van der Waals surface area contributed by atoms with Gasteiger partial charge in [-0.2, -0.15) is 0 Å². The van der Waals surface area contributed by atoms with E-state index in [0.29, 0.717) is 18.6 Å². The normalized spacial score (nSPS) is 13.2. The van der Waals surface area contributed by atoms with Gasteiger partial charge in [0.2, 0.25) is 0 Å². The van der Waals surface area contributed by atoms with E-state index in [9.17, 15) is 0 Å². The first-order chi connectivity index (χ1) is 6.77. The molecule has 0 saturated heterocycles. The van der Waals surface area contributed by atoms with Gasteiger partial charge in [-0.1, -0.05) is 20.8 Å².